The maximum absolute atomic E-state index is 15.0. The highest BCUT2D eigenvalue weighted by Crippen LogP contribution is 2.42. The number of nitrogens with zero attached hydrogens (tertiary/aromatic N) is 4. The van der Waals surface area contributed by atoms with E-state index in [4.69, 9.17) is 20.9 Å². The lowest BCUT2D eigenvalue weighted by Crippen LogP contribution is -2.49. The molecule has 13 heteroatoms. The van der Waals surface area contributed by atoms with Crippen molar-refractivity contribution >= 4 is 44.2 Å². The van der Waals surface area contributed by atoms with Crippen LogP contribution in [0.5, 0.6) is 11.5 Å². The Morgan fingerprint density at radius 2 is 1.30 bits per heavy atom. The van der Waals surface area contributed by atoms with Crippen LogP contribution in [0.2, 0.25) is 5.02 Å². The molecule has 54 heavy (non-hydrogen) atoms. The number of phenolic OH excluding ortho intramolecular Hbond substituents is 2. The smallest absolute Gasteiger partial charge is 0.270 e. The van der Waals surface area contributed by atoms with Gasteiger partial charge in [0.15, 0.2) is 0 Å². The maximum atomic E-state index is 15.0. The number of phenols is 2. The van der Waals surface area contributed by atoms with Crippen molar-refractivity contribution in [1.82, 2.24) is 14.4 Å². The number of para-hydroxylation sites is 2. The molecule has 7 rings (SSSR count). The fourth-order valence-corrected chi connectivity index (χ4v) is 7.64. The Morgan fingerprint density at radius 3 is 1.89 bits per heavy atom. The van der Waals surface area contributed by atoms with Crippen LogP contribution < -0.4 is 4.90 Å². The van der Waals surface area contributed by atoms with Crippen molar-refractivity contribution in [2.45, 2.75) is 25.3 Å². The summed E-state index contributed by atoms with van der Waals surface area (Å²) in [5, 5.41) is 22.2. The number of hydrogen-bond donors (Lipinski definition) is 3. The third-order valence-corrected chi connectivity index (χ3v) is 10.2. The number of unbranched alkanes of at least 4 members (excludes halogenated alkanes) is 1. The topological polar surface area (TPSA) is 136 Å². The van der Waals surface area contributed by atoms with Crippen LogP contribution in [-0.2, 0) is 21.4 Å². The van der Waals surface area contributed by atoms with Crippen LogP contribution in [0.1, 0.15) is 45.9 Å². The first-order chi connectivity index (χ1) is 26.0. The highest BCUT2D eigenvalue weighted by Gasteiger charge is 2.33. The predicted molar refractivity (Wildman–Crippen MR) is 213 cm³/mol. The molecule has 2 aliphatic heterocycles. The number of benzene rings is 4. The quantitative estimate of drug-likeness (QED) is 0.108. The number of carbonyl (C=O) groups excluding carboxylic acids is 1. The zero-order chi connectivity index (χ0) is 38.2. The third kappa shape index (κ3) is 9.74. The average Bonchev–Trinajstić information content (AvgIpc) is 3.48. The summed E-state index contributed by atoms with van der Waals surface area (Å²) < 4.78 is 33.7. The minimum atomic E-state index is -3.67. The molecule has 0 aliphatic carbocycles. The van der Waals surface area contributed by atoms with E-state index in [9.17, 15) is 18.6 Å². The Labute approximate surface area is 321 Å². The number of hydrogen-bond acceptors (Lipinski definition) is 8. The molecule has 5 aromatic rings. The second-order valence-corrected chi connectivity index (χ2v) is 15.5. The second-order valence-electron chi connectivity index (χ2n) is 13.7. The molecule has 4 aromatic carbocycles. The van der Waals surface area contributed by atoms with E-state index >= 15 is 4.79 Å². The lowest BCUT2D eigenvalue weighted by Gasteiger charge is -2.37. The minimum Gasteiger partial charge on any atom is -0.508 e. The number of ether oxygens (including phenoxy) is 1. The molecule has 0 unspecified atom stereocenters. The van der Waals surface area contributed by atoms with Gasteiger partial charge in [-0.15, -0.1) is 0 Å². The monoisotopic (exact) mass is 774 g/mol. The summed E-state index contributed by atoms with van der Waals surface area (Å²) in [6.45, 7) is 7.72. The summed E-state index contributed by atoms with van der Waals surface area (Å²) in [5.74, 6) is 0.0667. The van der Waals surface area contributed by atoms with Crippen LogP contribution in [0.4, 0.5) is 5.69 Å². The number of rotatable bonds is 10. The van der Waals surface area contributed by atoms with Crippen molar-refractivity contribution in [3.8, 4) is 11.5 Å². The molecule has 0 bridgehead atoms. The lowest BCUT2D eigenvalue weighted by molar-refractivity contribution is 0.0370. The van der Waals surface area contributed by atoms with Gasteiger partial charge in [0.1, 0.15) is 17.2 Å². The molecule has 11 nitrogen and oxygen atoms in total. The number of amides is 1. The molecule has 3 heterocycles. The van der Waals surface area contributed by atoms with Gasteiger partial charge in [-0.2, -0.15) is 8.42 Å². The number of fused-ring (bicyclic) bond motifs is 1. The first-order valence-electron chi connectivity index (χ1n) is 18.2. The summed E-state index contributed by atoms with van der Waals surface area (Å²) in [5.41, 5.74) is 5.58. The second kappa shape index (κ2) is 17.7. The van der Waals surface area contributed by atoms with Crippen molar-refractivity contribution in [2.75, 3.05) is 70.2 Å². The number of piperazine rings is 1. The van der Waals surface area contributed by atoms with Crippen molar-refractivity contribution < 1.29 is 32.7 Å². The molecule has 2 saturated heterocycles. The molecule has 1 amide bonds. The Balaban J connectivity index is 0.000000934. The molecule has 286 valence electrons. The summed E-state index contributed by atoms with van der Waals surface area (Å²) in [7, 11) is -3.67. The Bertz CT molecular complexity index is 2070. The number of aryl methyl sites for hydroxylation is 1. The first-order valence-corrected chi connectivity index (χ1v) is 20.4. The Kier molecular flexibility index (Phi) is 12.8. The highest BCUT2D eigenvalue weighted by molar-refractivity contribution is 7.85. The molecule has 2 aliphatic rings. The van der Waals surface area contributed by atoms with E-state index in [1.807, 2.05) is 65.6 Å². The summed E-state index contributed by atoms with van der Waals surface area (Å²) in [4.78, 5) is 21.7. The van der Waals surface area contributed by atoms with Crippen LogP contribution in [0.15, 0.2) is 97.1 Å². The van der Waals surface area contributed by atoms with Crippen LogP contribution in [0, 0.1) is 0 Å². The van der Waals surface area contributed by atoms with Gasteiger partial charge in [0.25, 0.3) is 16.0 Å². The summed E-state index contributed by atoms with van der Waals surface area (Å²) >= 11 is 6.55. The summed E-state index contributed by atoms with van der Waals surface area (Å²) in [6.07, 6.45) is 2.66. The first kappa shape index (κ1) is 39.1. The molecule has 0 spiro atoms. The molecular formula is C41H47ClN4O7S. The van der Waals surface area contributed by atoms with Crippen LogP contribution >= 0.6 is 11.6 Å². The zero-order valence-corrected chi connectivity index (χ0v) is 31.9. The van der Waals surface area contributed by atoms with E-state index in [2.05, 4.69) is 26.5 Å². The molecule has 3 N–H and O–H groups in total. The average molecular weight is 775 g/mol. The van der Waals surface area contributed by atoms with Crippen LogP contribution in [-0.4, -0.2) is 109 Å². The van der Waals surface area contributed by atoms with Gasteiger partial charge in [0, 0.05) is 68.2 Å². The van der Waals surface area contributed by atoms with Crippen molar-refractivity contribution in [1.29, 1.82) is 0 Å². The van der Waals surface area contributed by atoms with Gasteiger partial charge in [-0.3, -0.25) is 14.2 Å². The maximum Gasteiger partial charge on any atom is 0.270 e. The number of halogens is 1. The van der Waals surface area contributed by atoms with Crippen molar-refractivity contribution in [2.24, 2.45) is 0 Å². The van der Waals surface area contributed by atoms with E-state index in [0.717, 1.165) is 79.0 Å². The molecular weight excluding hydrogens is 728 g/mol. The van der Waals surface area contributed by atoms with Crippen LogP contribution in [0.3, 0.4) is 0 Å². The molecule has 2 fully saturated rings. The van der Waals surface area contributed by atoms with Gasteiger partial charge < -0.3 is 29.3 Å². The number of aromatic hydroxyl groups is 2. The predicted octanol–water partition coefficient (Wildman–Crippen LogP) is 6.46. The van der Waals surface area contributed by atoms with Crippen LogP contribution in [0.25, 0.3) is 10.9 Å². The SMILES string of the molecule is CS(=O)(=O)O.O=C(c1c(C(c2ccc(O)cc2)c2ccc(O)cc2)c2ccccc2n1CCCCN1CCOCC1)N1CCN(c2ccccc2Cl)CC1. The Hall–Kier alpha value is -4.59. The Morgan fingerprint density at radius 1 is 0.759 bits per heavy atom. The van der Waals surface area contributed by atoms with E-state index in [-0.39, 0.29) is 23.3 Å². The van der Waals surface area contributed by atoms with E-state index < -0.39 is 10.1 Å². The molecule has 0 saturated carbocycles. The molecule has 1 aromatic heterocycles. The number of carbonyl (C=O) groups is 1. The standard InChI is InChI=1S/C40H43ClN4O4.CH4O3S/c41-34-8-2-4-10-36(34)43-21-23-44(24-22-43)40(48)39-38(37(29-11-15-31(46)16-12-29)30-13-17-32(47)18-14-30)33-7-1-3-9-35(33)45(39)20-6-5-19-42-25-27-49-28-26-42;1-5(2,3)4/h1-4,7-18,37,46-47H,5-6,19-28H2;1H3,(H,2,3,4). The minimum absolute atomic E-state index is 0.0146. The van der Waals surface area contributed by atoms with Crippen molar-refractivity contribution in [3.63, 3.8) is 0 Å². The van der Waals surface area contributed by atoms with E-state index in [1.165, 1.54) is 0 Å². The van der Waals surface area contributed by atoms with Gasteiger partial charge in [-0.25, -0.2) is 0 Å². The highest BCUT2D eigenvalue weighted by atomic mass is 35.5. The van der Waals surface area contributed by atoms with Gasteiger partial charge in [0.2, 0.25) is 0 Å². The lowest BCUT2D eigenvalue weighted by atomic mass is 9.83. The van der Waals surface area contributed by atoms with Gasteiger partial charge in [0.05, 0.1) is 30.2 Å². The molecule has 0 radical (unpaired) electrons. The normalized spacial score (nSPS) is 15.3. The van der Waals surface area contributed by atoms with Crippen molar-refractivity contribution in [3.05, 3.63) is 124 Å². The fourth-order valence-electron chi connectivity index (χ4n) is 7.38. The van der Waals surface area contributed by atoms with Gasteiger partial charge in [-0.1, -0.05) is 66.2 Å². The van der Waals surface area contributed by atoms with Gasteiger partial charge >= 0.3 is 0 Å². The molecule has 0 atom stereocenters. The number of morpholine rings is 1. The number of anilines is 1. The van der Waals surface area contributed by atoms with E-state index in [0.29, 0.717) is 49.7 Å². The zero-order valence-electron chi connectivity index (χ0n) is 30.3. The fraction of sp³-hybridized carbons (Fsp3) is 0.341. The largest absolute Gasteiger partial charge is 0.508 e. The van der Waals surface area contributed by atoms with Gasteiger partial charge in [-0.05, 0) is 73.0 Å². The number of aromatic nitrogens is 1. The summed E-state index contributed by atoms with van der Waals surface area (Å²) in [6, 6.07) is 30.7. The third-order valence-electron chi connectivity index (χ3n) is 9.92. The van der Waals surface area contributed by atoms with E-state index in [1.54, 1.807) is 24.3 Å².